The zero-order valence-corrected chi connectivity index (χ0v) is 9.74. The van der Waals surface area contributed by atoms with Crippen molar-refractivity contribution in [3.8, 4) is 11.5 Å². The van der Waals surface area contributed by atoms with Crippen LogP contribution in [0.2, 0.25) is 0 Å². The second-order valence-electron chi connectivity index (χ2n) is 3.37. The lowest BCUT2D eigenvalue weighted by Gasteiger charge is -2.07. The van der Waals surface area contributed by atoms with Gasteiger partial charge in [0.1, 0.15) is 11.5 Å². The van der Waals surface area contributed by atoms with Crippen molar-refractivity contribution in [3.05, 3.63) is 36.9 Å². The van der Waals surface area contributed by atoms with Gasteiger partial charge in [0.05, 0.1) is 13.7 Å². The van der Waals surface area contributed by atoms with E-state index in [1.165, 1.54) is 0 Å². The number of ether oxygens (including phenoxy) is 2. The minimum atomic E-state index is 0.719. The van der Waals surface area contributed by atoms with Gasteiger partial charge in [0.25, 0.3) is 0 Å². The van der Waals surface area contributed by atoms with Gasteiger partial charge in [-0.3, -0.25) is 0 Å². The maximum atomic E-state index is 5.56. The van der Waals surface area contributed by atoms with Crippen molar-refractivity contribution in [2.45, 2.75) is 6.42 Å². The molecule has 88 valence electrons. The highest BCUT2D eigenvalue weighted by molar-refractivity contribution is 5.31. The minimum absolute atomic E-state index is 0.719. The number of methoxy groups -OCH3 is 1. The Balaban J connectivity index is 2.14. The van der Waals surface area contributed by atoms with Gasteiger partial charge in [0.15, 0.2) is 0 Å². The molecule has 1 rings (SSSR count). The molecule has 0 bridgehead atoms. The molecule has 1 aromatic carbocycles. The number of nitrogens with one attached hydrogen (secondary N) is 1. The highest BCUT2D eigenvalue weighted by Crippen LogP contribution is 2.16. The standard InChI is InChI=1S/C13H19NO2/c1-3-9-14-10-4-11-16-13-7-5-12(15-2)6-8-13/h3,5-8,14H,1,4,9-11H2,2H3. The lowest BCUT2D eigenvalue weighted by molar-refractivity contribution is 0.308. The summed E-state index contributed by atoms with van der Waals surface area (Å²) >= 11 is 0. The van der Waals surface area contributed by atoms with Crippen molar-refractivity contribution in [1.29, 1.82) is 0 Å². The van der Waals surface area contributed by atoms with Crippen molar-refractivity contribution in [3.63, 3.8) is 0 Å². The first kappa shape index (κ1) is 12.6. The van der Waals surface area contributed by atoms with Gasteiger partial charge in [-0.15, -0.1) is 6.58 Å². The van der Waals surface area contributed by atoms with E-state index in [-0.39, 0.29) is 0 Å². The van der Waals surface area contributed by atoms with Gasteiger partial charge in [-0.1, -0.05) is 6.08 Å². The molecule has 0 atom stereocenters. The van der Waals surface area contributed by atoms with Crippen LogP contribution in [0.3, 0.4) is 0 Å². The average Bonchev–Trinajstić information content (AvgIpc) is 2.34. The van der Waals surface area contributed by atoms with Crippen LogP contribution in [-0.2, 0) is 0 Å². The van der Waals surface area contributed by atoms with E-state index in [4.69, 9.17) is 9.47 Å². The van der Waals surface area contributed by atoms with Crippen LogP contribution in [0, 0.1) is 0 Å². The summed E-state index contributed by atoms with van der Waals surface area (Å²) in [6.45, 7) is 6.15. The third-order valence-corrected chi connectivity index (χ3v) is 2.11. The maximum Gasteiger partial charge on any atom is 0.119 e. The van der Waals surface area contributed by atoms with Gasteiger partial charge in [-0.05, 0) is 37.2 Å². The smallest absolute Gasteiger partial charge is 0.119 e. The molecule has 1 N–H and O–H groups in total. The molecule has 3 heteroatoms. The summed E-state index contributed by atoms with van der Waals surface area (Å²) in [5, 5.41) is 3.22. The summed E-state index contributed by atoms with van der Waals surface area (Å²) in [5.41, 5.74) is 0. The van der Waals surface area contributed by atoms with E-state index >= 15 is 0 Å². The van der Waals surface area contributed by atoms with Crippen molar-refractivity contribution in [2.75, 3.05) is 26.8 Å². The average molecular weight is 221 g/mol. The summed E-state index contributed by atoms with van der Waals surface area (Å²) in [4.78, 5) is 0. The third-order valence-electron chi connectivity index (χ3n) is 2.11. The van der Waals surface area contributed by atoms with Crippen LogP contribution >= 0.6 is 0 Å². The Labute approximate surface area is 97.1 Å². The van der Waals surface area contributed by atoms with Crippen LogP contribution in [-0.4, -0.2) is 26.8 Å². The van der Waals surface area contributed by atoms with Gasteiger partial charge in [-0.25, -0.2) is 0 Å². The first-order chi connectivity index (χ1) is 7.86. The zero-order valence-electron chi connectivity index (χ0n) is 9.74. The van der Waals surface area contributed by atoms with Gasteiger partial charge >= 0.3 is 0 Å². The summed E-state index contributed by atoms with van der Waals surface area (Å²) in [6, 6.07) is 7.61. The molecule has 3 nitrogen and oxygen atoms in total. The lowest BCUT2D eigenvalue weighted by atomic mass is 10.3. The Kier molecular flexibility index (Phi) is 6.11. The van der Waals surface area contributed by atoms with Crippen LogP contribution in [0.25, 0.3) is 0 Å². The fourth-order valence-corrected chi connectivity index (χ4v) is 1.26. The Morgan fingerprint density at radius 3 is 2.56 bits per heavy atom. The lowest BCUT2D eigenvalue weighted by Crippen LogP contribution is -2.17. The predicted molar refractivity (Wildman–Crippen MR) is 66.2 cm³/mol. The largest absolute Gasteiger partial charge is 0.497 e. The molecule has 0 spiro atoms. The Morgan fingerprint density at radius 1 is 1.25 bits per heavy atom. The molecule has 16 heavy (non-hydrogen) atoms. The molecule has 0 saturated heterocycles. The molecule has 0 aliphatic rings. The quantitative estimate of drug-likeness (QED) is 0.539. The van der Waals surface area contributed by atoms with Crippen molar-refractivity contribution in [1.82, 2.24) is 5.32 Å². The fraction of sp³-hybridized carbons (Fsp3) is 0.385. The van der Waals surface area contributed by atoms with Crippen molar-refractivity contribution >= 4 is 0 Å². The second-order valence-corrected chi connectivity index (χ2v) is 3.37. The Bertz CT molecular complexity index is 295. The van der Waals surface area contributed by atoms with Crippen LogP contribution in [0.5, 0.6) is 11.5 Å². The fourth-order valence-electron chi connectivity index (χ4n) is 1.26. The normalized spacial score (nSPS) is 9.81. The van der Waals surface area contributed by atoms with E-state index in [1.807, 2.05) is 30.3 Å². The summed E-state index contributed by atoms with van der Waals surface area (Å²) < 4.78 is 10.6. The molecule has 0 aliphatic heterocycles. The number of hydrogen-bond acceptors (Lipinski definition) is 3. The van der Waals surface area contributed by atoms with Crippen LogP contribution in [0.15, 0.2) is 36.9 Å². The molecule has 0 heterocycles. The molecule has 0 fully saturated rings. The molecule has 0 aromatic heterocycles. The van der Waals surface area contributed by atoms with Crippen LogP contribution < -0.4 is 14.8 Å². The molecule has 0 aliphatic carbocycles. The zero-order chi connectivity index (χ0) is 11.6. The molecule has 0 saturated carbocycles. The van der Waals surface area contributed by atoms with Gasteiger partial charge < -0.3 is 14.8 Å². The molecule has 1 aromatic rings. The SMILES string of the molecule is C=CCNCCCOc1ccc(OC)cc1. The first-order valence-corrected chi connectivity index (χ1v) is 5.45. The molecule has 0 unspecified atom stereocenters. The first-order valence-electron chi connectivity index (χ1n) is 5.45. The molecule has 0 radical (unpaired) electrons. The number of benzene rings is 1. The van der Waals surface area contributed by atoms with E-state index in [1.54, 1.807) is 7.11 Å². The summed E-state index contributed by atoms with van der Waals surface area (Å²) in [5.74, 6) is 1.73. The minimum Gasteiger partial charge on any atom is -0.497 e. The summed E-state index contributed by atoms with van der Waals surface area (Å²) in [6.07, 6.45) is 2.84. The van der Waals surface area contributed by atoms with Gasteiger partial charge in [0, 0.05) is 6.54 Å². The molecular weight excluding hydrogens is 202 g/mol. The van der Waals surface area contributed by atoms with Gasteiger partial charge in [0.2, 0.25) is 0 Å². The van der Waals surface area contributed by atoms with E-state index in [2.05, 4.69) is 11.9 Å². The number of hydrogen-bond donors (Lipinski definition) is 1. The van der Waals surface area contributed by atoms with Gasteiger partial charge in [-0.2, -0.15) is 0 Å². The van der Waals surface area contributed by atoms with Crippen LogP contribution in [0.1, 0.15) is 6.42 Å². The number of rotatable bonds is 8. The second kappa shape index (κ2) is 7.77. The third kappa shape index (κ3) is 4.84. The van der Waals surface area contributed by atoms with Crippen molar-refractivity contribution in [2.24, 2.45) is 0 Å². The van der Waals surface area contributed by atoms with Crippen LogP contribution in [0.4, 0.5) is 0 Å². The predicted octanol–water partition coefficient (Wildman–Crippen LogP) is 2.24. The Hall–Kier alpha value is -1.48. The summed E-state index contributed by atoms with van der Waals surface area (Å²) in [7, 11) is 1.65. The maximum absolute atomic E-state index is 5.56. The molecule has 0 amide bonds. The Morgan fingerprint density at radius 2 is 1.94 bits per heavy atom. The van der Waals surface area contributed by atoms with Crippen molar-refractivity contribution < 1.29 is 9.47 Å². The van der Waals surface area contributed by atoms with E-state index < -0.39 is 0 Å². The highest BCUT2D eigenvalue weighted by Gasteiger charge is 1.94. The highest BCUT2D eigenvalue weighted by atomic mass is 16.5. The topological polar surface area (TPSA) is 30.5 Å². The van der Waals surface area contributed by atoms with E-state index in [0.717, 1.165) is 37.6 Å². The van der Waals surface area contributed by atoms with E-state index in [0.29, 0.717) is 0 Å². The van der Waals surface area contributed by atoms with E-state index in [9.17, 15) is 0 Å². The monoisotopic (exact) mass is 221 g/mol. The molecular formula is C13H19NO2.